The van der Waals surface area contributed by atoms with Gasteiger partial charge in [-0.3, -0.25) is 4.79 Å². The molecule has 1 aromatic heterocycles. The Morgan fingerprint density at radius 3 is 2.89 bits per heavy atom. The smallest absolute Gasteiger partial charge is 0.224 e. The number of imidazole rings is 1. The molecule has 3 N–H and O–H groups in total. The summed E-state index contributed by atoms with van der Waals surface area (Å²) in [6.07, 6.45) is 2.01. The minimum absolute atomic E-state index is 0.0530. The number of aromatic amines is 1. The van der Waals surface area contributed by atoms with Crippen LogP contribution in [0.4, 0.5) is 0 Å². The van der Waals surface area contributed by atoms with Crippen molar-refractivity contribution in [3.63, 3.8) is 0 Å². The van der Waals surface area contributed by atoms with Gasteiger partial charge in [-0.25, -0.2) is 4.98 Å². The fourth-order valence-electron chi connectivity index (χ4n) is 1.97. The van der Waals surface area contributed by atoms with E-state index in [2.05, 4.69) is 9.97 Å². The van der Waals surface area contributed by atoms with Crippen LogP contribution in [0.2, 0.25) is 0 Å². The molecule has 0 atom stereocenters. The number of amides is 1. The Balaban J connectivity index is 2.05. The summed E-state index contributed by atoms with van der Waals surface area (Å²) >= 11 is 0. The Morgan fingerprint density at radius 1 is 1.47 bits per heavy atom. The van der Waals surface area contributed by atoms with Gasteiger partial charge in [-0.2, -0.15) is 0 Å². The number of carbonyl (C=O) groups is 1. The SMILES string of the molecule is CN(Cc1ccc2nc[nH]c2c1)C(=O)CC(C)(C)N. The van der Waals surface area contributed by atoms with Gasteiger partial charge in [0.25, 0.3) is 0 Å². The molecule has 0 saturated carbocycles. The highest BCUT2D eigenvalue weighted by Crippen LogP contribution is 2.14. The molecule has 102 valence electrons. The number of benzene rings is 1. The van der Waals surface area contributed by atoms with Crippen LogP contribution >= 0.6 is 0 Å². The van der Waals surface area contributed by atoms with Gasteiger partial charge in [-0.15, -0.1) is 0 Å². The second-order valence-electron chi connectivity index (χ2n) is 5.67. The molecule has 1 heterocycles. The van der Waals surface area contributed by atoms with E-state index >= 15 is 0 Å². The number of H-pyrrole nitrogens is 1. The second-order valence-corrected chi connectivity index (χ2v) is 5.67. The van der Waals surface area contributed by atoms with Gasteiger partial charge in [-0.05, 0) is 31.5 Å². The summed E-state index contributed by atoms with van der Waals surface area (Å²) in [5.74, 6) is 0.0530. The highest BCUT2D eigenvalue weighted by atomic mass is 16.2. The third kappa shape index (κ3) is 3.54. The van der Waals surface area contributed by atoms with Gasteiger partial charge in [0, 0.05) is 25.6 Å². The number of hydrogen-bond acceptors (Lipinski definition) is 3. The van der Waals surface area contributed by atoms with Crippen molar-refractivity contribution in [2.45, 2.75) is 32.4 Å². The Hall–Kier alpha value is -1.88. The van der Waals surface area contributed by atoms with E-state index < -0.39 is 5.54 Å². The van der Waals surface area contributed by atoms with Gasteiger partial charge >= 0.3 is 0 Å². The van der Waals surface area contributed by atoms with Crippen molar-refractivity contribution in [3.05, 3.63) is 30.1 Å². The number of nitrogens with two attached hydrogens (primary N) is 1. The molecule has 0 spiro atoms. The van der Waals surface area contributed by atoms with Crippen LogP contribution in [0.25, 0.3) is 11.0 Å². The zero-order chi connectivity index (χ0) is 14.0. The molecule has 0 saturated heterocycles. The van der Waals surface area contributed by atoms with Crippen molar-refractivity contribution in [1.29, 1.82) is 0 Å². The van der Waals surface area contributed by atoms with Crippen molar-refractivity contribution < 1.29 is 4.79 Å². The van der Waals surface area contributed by atoms with E-state index in [0.29, 0.717) is 13.0 Å². The maximum Gasteiger partial charge on any atom is 0.224 e. The van der Waals surface area contributed by atoms with Crippen LogP contribution in [0.1, 0.15) is 25.8 Å². The van der Waals surface area contributed by atoms with Crippen LogP contribution in [0.15, 0.2) is 24.5 Å². The Bertz CT molecular complexity index is 582. The van der Waals surface area contributed by atoms with E-state index in [-0.39, 0.29) is 5.91 Å². The molecule has 2 rings (SSSR count). The maximum absolute atomic E-state index is 12.0. The van der Waals surface area contributed by atoms with Crippen molar-refractivity contribution in [2.75, 3.05) is 7.05 Å². The van der Waals surface area contributed by atoms with Crippen molar-refractivity contribution in [1.82, 2.24) is 14.9 Å². The summed E-state index contributed by atoms with van der Waals surface area (Å²) in [7, 11) is 1.80. The summed E-state index contributed by atoms with van der Waals surface area (Å²) in [6, 6.07) is 5.95. The number of aromatic nitrogens is 2. The zero-order valence-corrected chi connectivity index (χ0v) is 11.6. The Kier molecular flexibility index (Phi) is 3.57. The van der Waals surface area contributed by atoms with E-state index in [4.69, 9.17) is 5.73 Å². The van der Waals surface area contributed by atoms with Crippen molar-refractivity contribution in [2.24, 2.45) is 5.73 Å². The fraction of sp³-hybridized carbons (Fsp3) is 0.429. The summed E-state index contributed by atoms with van der Waals surface area (Å²) in [5.41, 5.74) is 8.38. The predicted octanol–water partition coefficient (Wildman–Crippen LogP) is 1.65. The number of nitrogens with zero attached hydrogens (tertiary/aromatic N) is 2. The average Bonchev–Trinajstić information content (AvgIpc) is 2.73. The zero-order valence-electron chi connectivity index (χ0n) is 11.6. The lowest BCUT2D eigenvalue weighted by Gasteiger charge is -2.23. The Morgan fingerprint density at radius 2 is 2.21 bits per heavy atom. The lowest BCUT2D eigenvalue weighted by molar-refractivity contribution is -0.131. The first kappa shape index (κ1) is 13.5. The standard InChI is InChI=1S/C14H20N4O/c1-14(2,15)7-13(19)18(3)8-10-4-5-11-12(6-10)17-9-16-11/h4-6,9H,7-8,15H2,1-3H3,(H,16,17). The molecule has 1 aromatic carbocycles. The number of fused-ring (bicyclic) bond motifs is 1. The van der Waals surface area contributed by atoms with Gasteiger partial charge in [0.1, 0.15) is 0 Å². The third-order valence-corrected chi connectivity index (χ3v) is 2.94. The monoisotopic (exact) mass is 260 g/mol. The molecule has 0 aliphatic rings. The van der Waals surface area contributed by atoms with E-state index in [1.807, 2.05) is 32.0 Å². The second kappa shape index (κ2) is 5.01. The first-order valence-corrected chi connectivity index (χ1v) is 6.30. The molecule has 0 aliphatic carbocycles. The third-order valence-electron chi connectivity index (χ3n) is 2.94. The molecule has 5 heteroatoms. The van der Waals surface area contributed by atoms with Crippen LogP contribution < -0.4 is 5.73 Å². The fourth-order valence-corrected chi connectivity index (χ4v) is 1.97. The molecule has 0 bridgehead atoms. The van der Waals surface area contributed by atoms with E-state index in [1.165, 1.54) is 0 Å². The van der Waals surface area contributed by atoms with Crippen LogP contribution in [0.3, 0.4) is 0 Å². The topological polar surface area (TPSA) is 75.0 Å². The van der Waals surface area contributed by atoms with Gasteiger partial charge in [0.15, 0.2) is 0 Å². The largest absolute Gasteiger partial charge is 0.345 e. The lowest BCUT2D eigenvalue weighted by Crippen LogP contribution is -2.39. The van der Waals surface area contributed by atoms with Crippen molar-refractivity contribution >= 4 is 16.9 Å². The number of nitrogens with one attached hydrogen (secondary N) is 1. The number of hydrogen-bond donors (Lipinski definition) is 2. The summed E-state index contributed by atoms with van der Waals surface area (Å²) < 4.78 is 0. The van der Waals surface area contributed by atoms with E-state index in [0.717, 1.165) is 16.6 Å². The van der Waals surface area contributed by atoms with Gasteiger partial charge in [0.2, 0.25) is 5.91 Å². The van der Waals surface area contributed by atoms with Crippen LogP contribution in [0.5, 0.6) is 0 Å². The van der Waals surface area contributed by atoms with Gasteiger partial charge < -0.3 is 15.6 Å². The molecule has 0 radical (unpaired) electrons. The predicted molar refractivity (Wildman–Crippen MR) is 75.5 cm³/mol. The van der Waals surface area contributed by atoms with Gasteiger partial charge in [0.05, 0.1) is 17.4 Å². The average molecular weight is 260 g/mol. The molecule has 1 amide bonds. The normalized spacial score (nSPS) is 11.8. The number of carbonyl (C=O) groups excluding carboxylic acids is 1. The molecule has 0 unspecified atom stereocenters. The van der Waals surface area contributed by atoms with Gasteiger partial charge in [-0.1, -0.05) is 6.07 Å². The molecule has 5 nitrogen and oxygen atoms in total. The van der Waals surface area contributed by atoms with Crippen LogP contribution in [-0.4, -0.2) is 33.4 Å². The molecule has 2 aromatic rings. The highest BCUT2D eigenvalue weighted by molar-refractivity contribution is 5.78. The summed E-state index contributed by atoms with van der Waals surface area (Å²) in [4.78, 5) is 20.9. The van der Waals surface area contributed by atoms with E-state index in [9.17, 15) is 4.79 Å². The van der Waals surface area contributed by atoms with E-state index in [1.54, 1.807) is 18.3 Å². The summed E-state index contributed by atoms with van der Waals surface area (Å²) in [5, 5.41) is 0. The molecule has 0 aliphatic heterocycles. The molecular formula is C14H20N4O. The summed E-state index contributed by atoms with van der Waals surface area (Å²) in [6.45, 7) is 4.29. The maximum atomic E-state index is 12.0. The lowest BCUT2D eigenvalue weighted by atomic mass is 10.0. The first-order chi connectivity index (χ1) is 8.85. The minimum atomic E-state index is -0.474. The molecular weight excluding hydrogens is 240 g/mol. The first-order valence-electron chi connectivity index (χ1n) is 6.30. The minimum Gasteiger partial charge on any atom is -0.345 e. The number of rotatable bonds is 4. The van der Waals surface area contributed by atoms with Crippen LogP contribution in [0, 0.1) is 0 Å². The quantitative estimate of drug-likeness (QED) is 0.877. The Labute approximate surface area is 112 Å². The van der Waals surface area contributed by atoms with Crippen molar-refractivity contribution in [3.8, 4) is 0 Å². The molecule has 0 fully saturated rings. The molecule has 19 heavy (non-hydrogen) atoms. The highest BCUT2D eigenvalue weighted by Gasteiger charge is 2.19. The van der Waals surface area contributed by atoms with Crippen LogP contribution in [-0.2, 0) is 11.3 Å².